The number of hydrogen-bond donors (Lipinski definition) is 3. The van der Waals surface area contributed by atoms with Gasteiger partial charge in [-0.25, -0.2) is 0 Å². The van der Waals surface area contributed by atoms with Crippen molar-refractivity contribution in [3.8, 4) is 17.2 Å². The van der Waals surface area contributed by atoms with Crippen molar-refractivity contribution in [1.82, 2.24) is 9.88 Å². The number of methoxy groups -OCH3 is 1. The molecule has 5 rings (SSSR count). The van der Waals surface area contributed by atoms with Crippen molar-refractivity contribution in [3.63, 3.8) is 0 Å². The maximum Gasteiger partial charge on any atom is 0.295 e. The maximum atomic E-state index is 13.4. The fraction of sp³-hybridized carbons (Fsp3) is 0.200. The number of aromatic hydroxyl groups is 1. The Balaban J connectivity index is 1.58. The van der Waals surface area contributed by atoms with Crippen molar-refractivity contribution < 1.29 is 29.3 Å². The van der Waals surface area contributed by atoms with Crippen LogP contribution in [-0.2, 0) is 16.0 Å². The van der Waals surface area contributed by atoms with Crippen molar-refractivity contribution in [3.05, 3.63) is 95.2 Å². The number of amides is 1. The lowest BCUT2D eigenvalue weighted by Crippen LogP contribution is -2.31. The molecule has 3 aromatic carbocycles. The third kappa shape index (κ3) is 4.45. The Morgan fingerprint density at radius 2 is 1.84 bits per heavy atom. The molecule has 4 aromatic rings. The molecule has 2 heterocycles. The lowest BCUT2D eigenvalue weighted by Gasteiger charge is -2.26. The first-order valence-electron chi connectivity index (χ1n) is 12.4. The minimum absolute atomic E-state index is 0.00469. The summed E-state index contributed by atoms with van der Waals surface area (Å²) in [4.78, 5) is 31.4. The van der Waals surface area contributed by atoms with Crippen LogP contribution in [0.4, 0.5) is 0 Å². The van der Waals surface area contributed by atoms with Gasteiger partial charge in [-0.05, 0) is 54.8 Å². The molecule has 1 amide bonds. The highest BCUT2D eigenvalue weighted by Crippen LogP contribution is 2.42. The van der Waals surface area contributed by atoms with E-state index >= 15 is 0 Å². The van der Waals surface area contributed by atoms with Crippen LogP contribution in [0.5, 0.6) is 17.2 Å². The minimum atomic E-state index is -0.866. The van der Waals surface area contributed by atoms with Gasteiger partial charge in [-0.3, -0.25) is 9.59 Å². The number of aromatic amines is 1. The van der Waals surface area contributed by atoms with Crippen molar-refractivity contribution in [2.75, 3.05) is 20.3 Å². The molecule has 1 fully saturated rings. The third-order valence-corrected chi connectivity index (χ3v) is 6.78. The van der Waals surface area contributed by atoms with Crippen molar-refractivity contribution in [2.45, 2.75) is 19.4 Å². The first-order chi connectivity index (χ1) is 18.4. The topological polar surface area (TPSA) is 112 Å². The summed E-state index contributed by atoms with van der Waals surface area (Å²) < 4.78 is 10.9. The minimum Gasteiger partial charge on any atom is -0.507 e. The number of ether oxygens (including phenoxy) is 2. The summed E-state index contributed by atoms with van der Waals surface area (Å²) in [5.74, 6) is -0.810. The monoisotopic (exact) mass is 512 g/mol. The van der Waals surface area contributed by atoms with Crippen molar-refractivity contribution in [2.24, 2.45) is 0 Å². The molecule has 0 spiro atoms. The van der Waals surface area contributed by atoms with Crippen LogP contribution in [0.15, 0.2) is 78.5 Å². The average Bonchev–Trinajstić information content (AvgIpc) is 3.46. The molecular weight excluding hydrogens is 484 g/mol. The number of carbonyl (C=O) groups is 2. The van der Waals surface area contributed by atoms with Gasteiger partial charge in [-0.2, -0.15) is 0 Å². The maximum absolute atomic E-state index is 13.4. The number of aliphatic hydroxyl groups is 1. The van der Waals surface area contributed by atoms with Crippen LogP contribution in [0, 0.1) is 0 Å². The molecule has 0 unspecified atom stereocenters. The smallest absolute Gasteiger partial charge is 0.295 e. The Bertz CT molecular complexity index is 1540. The molecule has 194 valence electrons. The van der Waals surface area contributed by atoms with E-state index in [0.29, 0.717) is 29.9 Å². The predicted molar refractivity (Wildman–Crippen MR) is 143 cm³/mol. The van der Waals surface area contributed by atoms with Gasteiger partial charge in [0.2, 0.25) is 0 Å². The molecule has 8 heteroatoms. The summed E-state index contributed by atoms with van der Waals surface area (Å²) in [6, 6.07) is 18.2. The zero-order valence-corrected chi connectivity index (χ0v) is 21.1. The molecule has 3 N–H and O–H groups in total. The summed E-state index contributed by atoms with van der Waals surface area (Å²) in [6.45, 7) is 2.34. The second kappa shape index (κ2) is 10.3. The Labute approximate surface area is 219 Å². The largest absolute Gasteiger partial charge is 0.507 e. The summed E-state index contributed by atoms with van der Waals surface area (Å²) in [5.41, 5.74) is 2.87. The molecule has 0 radical (unpaired) electrons. The van der Waals surface area contributed by atoms with E-state index in [0.717, 1.165) is 16.5 Å². The molecule has 1 aliphatic heterocycles. The Kier molecular flexibility index (Phi) is 6.79. The highest BCUT2D eigenvalue weighted by Gasteiger charge is 2.46. The van der Waals surface area contributed by atoms with Crippen LogP contribution >= 0.6 is 0 Å². The number of carbonyl (C=O) groups excluding carboxylic acids is 2. The first-order valence-corrected chi connectivity index (χ1v) is 12.4. The van der Waals surface area contributed by atoms with Crippen molar-refractivity contribution in [1.29, 1.82) is 0 Å². The summed E-state index contributed by atoms with van der Waals surface area (Å²) in [5, 5.41) is 22.4. The van der Waals surface area contributed by atoms with Crippen LogP contribution < -0.4 is 9.47 Å². The predicted octanol–water partition coefficient (Wildman–Crippen LogP) is 4.95. The number of H-pyrrole nitrogens is 1. The number of hydrogen-bond acceptors (Lipinski definition) is 6. The zero-order chi connectivity index (χ0) is 26.8. The Morgan fingerprint density at radius 3 is 2.58 bits per heavy atom. The van der Waals surface area contributed by atoms with Gasteiger partial charge in [0.1, 0.15) is 11.5 Å². The van der Waals surface area contributed by atoms with Gasteiger partial charge in [0.25, 0.3) is 11.7 Å². The number of nitrogens with zero attached hydrogens (tertiary/aromatic N) is 1. The number of likely N-dealkylation sites (tertiary alicyclic amines) is 1. The van der Waals surface area contributed by atoms with Gasteiger partial charge in [0.15, 0.2) is 11.5 Å². The average molecular weight is 513 g/mol. The lowest BCUT2D eigenvalue weighted by molar-refractivity contribution is -0.139. The van der Waals surface area contributed by atoms with Gasteiger partial charge >= 0.3 is 0 Å². The molecule has 38 heavy (non-hydrogen) atoms. The highest BCUT2D eigenvalue weighted by atomic mass is 16.5. The van der Waals surface area contributed by atoms with Gasteiger partial charge in [0.05, 0.1) is 25.3 Å². The quantitative estimate of drug-likeness (QED) is 0.175. The molecular formula is C30H28N2O6. The van der Waals surface area contributed by atoms with E-state index in [9.17, 15) is 19.8 Å². The summed E-state index contributed by atoms with van der Waals surface area (Å²) >= 11 is 0. The van der Waals surface area contributed by atoms with Crippen LogP contribution in [0.1, 0.15) is 29.7 Å². The fourth-order valence-electron chi connectivity index (χ4n) is 4.91. The molecule has 8 nitrogen and oxygen atoms in total. The Morgan fingerprint density at radius 1 is 1.05 bits per heavy atom. The number of benzene rings is 3. The van der Waals surface area contributed by atoms with E-state index in [2.05, 4.69) is 4.98 Å². The number of phenols is 1. The number of aromatic nitrogens is 1. The number of fused-ring (bicyclic) bond motifs is 1. The fourth-order valence-corrected chi connectivity index (χ4v) is 4.91. The van der Waals surface area contributed by atoms with Crippen LogP contribution in [0.3, 0.4) is 0 Å². The van der Waals surface area contributed by atoms with E-state index in [-0.39, 0.29) is 29.4 Å². The Hall–Kier alpha value is -4.72. The van der Waals surface area contributed by atoms with Gasteiger partial charge in [-0.1, -0.05) is 36.4 Å². The molecule has 0 saturated carbocycles. The molecule has 1 atom stereocenters. The SMILES string of the molecule is CCOc1cc([C@@H]2C(=C(O)c3ccccc3)C(=O)C(=O)N2CCc2c[nH]c3ccc(OC)cc23)ccc1O. The molecule has 0 bridgehead atoms. The zero-order valence-electron chi connectivity index (χ0n) is 21.1. The third-order valence-electron chi connectivity index (χ3n) is 6.78. The number of Topliss-reactive ketones (excluding diaryl/α,β-unsaturated/α-hetero) is 1. The number of phenolic OH excluding ortho intramolecular Hbond substituents is 1. The molecule has 1 saturated heterocycles. The van der Waals surface area contributed by atoms with Crippen LogP contribution in [0.25, 0.3) is 16.7 Å². The number of aliphatic hydroxyl groups excluding tert-OH is 1. The van der Waals surface area contributed by atoms with Crippen molar-refractivity contribution >= 4 is 28.4 Å². The summed E-state index contributed by atoms with van der Waals surface area (Å²) in [6.07, 6.45) is 2.34. The van der Waals surface area contributed by atoms with Gasteiger partial charge in [0, 0.05) is 29.2 Å². The second-order valence-electron chi connectivity index (χ2n) is 8.99. The number of nitrogens with one attached hydrogen (secondary N) is 1. The van der Waals surface area contributed by atoms with E-state index < -0.39 is 17.7 Å². The first kappa shape index (κ1) is 25.0. The molecule has 1 aromatic heterocycles. The van der Waals surface area contributed by atoms with E-state index in [4.69, 9.17) is 9.47 Å². The number of ketones is 1. The number of rotatable bonds is 8. The molecule has 1 aliphatic rings. The van der Waals surface area contributed by atoms with E-state index in [1.807, 2.05) is 24.4 Å². The van der Waals surface area contributed by atoms with E-state index in [1.54, 1.807) is 56.5 Å². The van der Waals surface area contributed by atoms with Crippen LogP contribution in [0.2, 0.25) is 0 Å². The second-order valence-corrected chi connectivity index (χ2v) is 8.99. The highest BCUT2D eigenvalue weighted by molar-refractivity contribution is 6.46. The summed E-state index contributed by atoms with van der Waals surface area (Å²) in [7, 11) is 1.61. The van der Waals surface area contributed by atoms with Crippen LogP contribution in [-0.4, -0.2) is 52.0 Å². The van der Waals surface area contributed by atoms with Gasteiger partial charge < -0.3 is 29.6 Å². The lowest BCUT2D eigenvalue weighted by atomic mass is 9.95. The molecule has 0 aliphatic carbocycles. The van der Waals surface area contributed by atoms with Gasteiger partial charge in [-0.15, -0.1) is 0 Å². The standard InChI is InChI=1S/C30H28N2O6/c1-3-38-25-15-19(9-12-24(25)33)27-26(28(34)18-7-5-4-6-8-18)29(35)30(36)32(27)14-13-20-17-31-23-11-10-21(37-2)16-22(20)23/h4-12,15-17,27,31,33-34H,3,13-14H2,1-2H3/t27-/m1/s1. The van der Waals surface area contributed by atoms with E-state index in [1.165, 1.54) is 11.0 Å². The normalized spacial score (nSPS) is 16.8.